The van der Waals surface area contributed by atoms with Gasteiger partial charge in [-0.3, -0.25) is 4.79 Å². The summed E-state index contributed by atoms with van der Waals surface area (Å²) in [6.45, 7) is -1.73. The van der Waals surface area contributed by atoms with Gasteiger partial charge >= 0.3 is 6.18 Å². The van der Waals surface area contributed by atoms with Crippen LogP contribution in [0, 0.1) is 0 Å². The molecule has 2 rings (SSSR count). The topological polar surface area (TPSA) is 71.7 Å². The van der Waals surface area contributed by atoms with Crippen molar-refractivity contribution >= 4 is 5.91 Å². The van der Waals surface area contributed by atoms with E-state index < -0.39 is 24.7 Å². The van der Waals surface area contributed by atoms with E-state index in [0.717, 1.165) is 0 Å². The fourth-order valence-electron chi connectivity index (χ4n) is 2.04. The Bertz CT molecular complexity index is 656. The minimum Gasteiger partial charge on any atom is -0.484 e. The number of amides is 1. The number of aliphatic hydroxyl groups is 1. The van der Waals surface area contributed by atoms with Crippen LogP contribution in [-0.4, -0.2) is 30.4 Å². The van der Waals surface area contributed by atoms with Gasteiger partial charge in [-0.1, -0.05) is 12.1 Å². The molecule has 2 N–H and O–H groups in total. The Morgan fingerprint density at radius 1 is 1.29 bits per heavy atom. The fourth-order valence-corrected chi connectivity index (χ4v) is 2.04. The summed E-state index contributed by atoms with van der Waals surface area (Å²) in [6, 6.07) is 8.42. The van der Waals surface area contributed by atoms with Gasteiger partial charge in [0.05, 0.1) is 19.3 Å². The molecule has 5 nitrogen and oxygen atoms in total. The number of carbonyl (C=O) groups is 1. The van der Waals surface area contributed by atoms with E-state index in [4.69, 9.17) is 4.42 Å². The van der Waals surface area contributed by atoms with Crippen LogP contribution < -0.4 is 10.1 Å². The number of rotatable bonds is 7. The first-order chi connectivity index (χ1) is 11.4. The van der Waals surface area contributed by atoms with Crippen molar-refractivity contribution in [1.29, 1.82) is 0 Å². The normalized spacial score (nSPS) is 12.7. The molecule has 24 heavy (non-hydrogen) atoms. The van der Waals surface area contributed by atoms with Crippen LogP contribution in [0.25, 0.3) is 0 Å². The summed E-state index contributed by atoms with van der Waals surface area (Å²) >= 11 is 0. The number of aliphatic hydroxyl groups excluding tert-OH is 1. The Balaban J connectivity index is 1.94. The maximum atomic E-state index is 12.1. The van der Waals surface area contributed by atoms with Crippen LogP contribution in [0.4, 0.5) is 13.2 Å². The number of halogens is 3. The second kappa shape index (κ2) is 7.87. The van der Waals surface area contributed by atoms with Gasteiger partial charge in [0.2, 0.25) is 5.91 Å². The lowest BCUT2D eigenvalue weighted by Crippen LogP contribution is -2.31. The zero-order valence-electron chi connectivity index (χ0n) is 12.5. The molecule has 130 valence electrons. The lowest BCUT2D eigenvalue weighted by Gasteiger charge is -2.14. The number of hydrogen-bond acceptors (Lipinski definition) is 4. The first-order valence-electron chi connectivity index (χ1n) is 7.09. The maximum absolute atomic E-state index is 12.1. The monoisotopic (exact) mass is 343 g/mol. The van der Waals surface area contributed by atoms with Crippen LogP contribution in [0.3, 0.4) is 0 Å². The SMILES string of the molecule is O=C(Cc1cccc(OCC(F)(F)F)c1)NC(CO)c1ccco1. The third kappa shape index (κ3) is 5.62. The first kappa shape index (κ1) is 17.9. The van der Waals surface area contributed by atoms with Gasteiger partial charge < -0.3 is 19.6 Å². The average molecular weight is 343 g/mol. The third-order valence-corrected chi connectivity index (χ3v) is 3.07. The lowest BCUT2D eigenvalue weighted by molar-refractivity contribution is -0.153. The van der Waals surface area contributed by atoms with Gasteiger partial charge in [0, 0.05) is 0 Å². The van der Waals surface area contributed by atoms with Crippen molar-refractivity contribution in [3.63, 3.8) is 0 Å². The molecule has 2 aromatic rings. The van der Waals surface area contributed by atoms with E-state index in [1.807, 2.05) is 0 Å². The molecule has 0 aliphatic rings. The van der Waals surface area contributed by atoms with Gasteiger partial charge in [-0.2, -0.15) is 13.2 Å². The second-order valence-corrected chi connectivity index (χ2v) is 5.05. The predicted octanol–water partition coefficient (Wildman–Crippen LogP) is 2.61. The van der Waals surface area contributed by atoms with Gasteiger partial charge in [0.1, 0.15) is 17.6 Å². The number of furan rings is 1. The predicted molar refractivity (Wildman–Crippen MR) is 78.4 cm³/mol. The van der Waals surface area contributed by atoms with E-state index in [2.05, 4.69) is 10.1 Å². The van der Waals surface area contributed by atoms with Crippen LogP contribution in [0.5, 0.6) is 5.75 Å². The Kier molecular flexibility index (Phi) is 5.86. The first-order valence-corrected chi connectivity index (χ1v) is 7.09. The Hall–Kier alpha value is -2.48. The van der Waals surface area contributed by atoms with Crippen molar-refractivity contribution in [2.45, 2.75) is 18.6 Å². The molecule has 1 amide bonds. The molecule has 0 radical (unpaired) electrons. The smallest absolute Gasteiger partial charge is 0.422 e. The fraction of sp³-hybridized carbons (Fsp3) is 0.312. The lowest BCUT2D eigenvalue weighted by atomic mass is 10.1. The average Bonchev–Trinajstić information content (AvgIpc) is 3.04. The molecular formula is C16H16F3NO4. The van der Waals surface area contributed by atoms with E-state index >= 15 is 0 Å². The molecule has 1 atom stereocenters. The van der Waals surface area contributed by atoms with Crippen LogP contribution in [0.2, 0.25) is 0 Å². The number of nitrogens with one attached hydrogen (secondary N) is 1. The molecule has 0 saturated carbocycles. The van der Waals surface area contributed by atoms with E-state index in [1.54, 1.807) is 18.2 Å². The largest absolute Gasteiger partial charge is 0.484 e. The third-order valence-electron chi connectivity index (χ3n) is 3.07. The summed E-state index contributed by atoms with van der Waals surface area (Å²) in [5.41, 5.74) is 0.489. The number of benzene rings is 1. The summed E-state index contributed by atoms with van der Waals surface area (Å²) < 4.78 is 46.2. The zero-order valence-corrected chi connectivity index (χ0v) is 12.5. The second-order valence-electron chi connectivity index (χ2n) is 5.05. The van der Waals surface area contributed by atoms with Crippen molar-refractivity contribution in [2.24, 2.45) is 0 Å². The molecule has 1 aromatic carbocycles. The van der Waals surface area contributed by atoms with Gasteiger partial charge in [0.15, 0.2) is 6.61 Å². The standard InChI is InChI=1S/C16H16F3NO4/c17-16(18,19)10-24-12-4-1-3-11(7-12)8-15(22)20-13(9-21)14-5-2-6-23-14/h1-7,13,21H,8-10H2,(H,20,22). The summed E-state index contributed by atoms with van der Waals surface area (Å²) in [4.78, 5) is 12.0. The summed E-state index contributed by atoms with van der Waals surface area (Å²) in [7, 11) is 0. The van der Waals surface area contributed by atoms with Crippen molar-refractivity contribution in [3.05, 3.63) is 54.0 Å². The van der Waals surface area contributed by atoms with Crippen molar-refractivity contribution in [3.8, 4) is 5.75 Å². The van der Waals surface area contributed by atoms with Gasteiger partial charge in [0.25, 0.3) is 0 Å². The minimum atomic E-state index is -4.43. The highest BCUT2D eigenvalue weighted by molar-refractivity contribution is 5.79. The van der Waals surface area contributed by atoms with E-state index in [0.29, 0.717) is 11.3 Å². The summed E-state index contributed by atoms with van der Waals surface area (Å²) in [5.74, 6) is 0.0360. The molecule has 0 aliphatic heterocycles. The molecule has 0 saturated heterocycles. The molecule has 0 spiro atoms. The molecular weight excluding hydrogens is 327 g/mol. The van der Waals surface area contributed by atoms with Gasteiger partial charge in [-0.15, -0.1) is 0 Å². The van der Waals surface area contributed by atoms with E-state index in [1.165, 1.54) is 24.5 Å². The number of hydrogen-bond donors (Lipinski definition) is 2. The van der Waals surface area contributed by atoms with Crippen LogP contribution in [-0.2, 0) is 11.2 Å². The molecule has 1 unspecified atom stereocenters. The molecule has 0 bridgehead atoms. The van der Waals surface area contributed by atoms with Crippen LogP contribution in [0.15, 0.2) is 47.1 Å². The number of alkyl halides is 3. The van der Waals surface area contributed by atoms with Crippen LogP contribution in [0.1, 0.15) is 17.4 Å². The minimum absolute atomic E-state index is 0.0300. The molecule has 0 aliphatic carbocycles. The van der Waals surface area contributed by atoms with Gasteiger partial charge in [-0.05, 0) is 29.8 Å². The highest BCUT2D eigenvalue weighted by Gasteiger charge is 2.28. The zero-order chi connectivity index (χ0) is 17.6. The Morgan fingerprint density at radius 3 is 2.71 bits per heavy atom. The number of ether oxygens (including phenoxy) is 1. The molecule has 1 heterocycles. The van der Waals surface area contributed by atoms with Gasteiger partial charge in [-0.25, -0.2) is 0 Å². The Labute approximate surface area is 136 Å². The molecule has 8 heteroatoms. The molecule has 0 fully saturated rings. The van der Waals surface area contributed by atoms with Crippen LogP contribution >= 0.6 is 0 Å². The molecule has 1 aromatic heterocycles. The van der Waals surface area contributed by atoms with E-state index in [-0.39, 0.29) is 18.8 Å². The Morgan fingerprint density at radius 2 is 2.08 bits per heavy atom. The summed E-state index contributed by atoms with van der Waals surface area (Å²) in [6.07, 6.45) is -3.07. The van der Waals surface area contributed by atoms with Crippen molar-refractivity contribution in [1.82, 2.24) is 5.32 Å². The maximum Gasteiger partial charge on any atom is 0.422 e. The number of carbonyl (C=O) groups excluding carboxylic acids is 1. The van der Waals surface area contributed by atoms with E-state index in [9.17, 15) is 23.1 Å². The highest BCUT2D eigenvalue weighted by Crippen LogP contribution is 2.20. The summed E-state index contributed by atoms with van der Waals surface area (Å²) in [5, 5.41) is 11.9. The quantitative estimate of drug-likeness (QED) is 0.811. The highest BCUT2D eigenvalue weighted by atomic mass is 19.4. The van der Waals surface area contributed by atoms with Crippen molar-refractivity contribution in [2.75, 3.05) is 13.2 Å². The van der Waals surface area contributed by atoms with Crippen molar-refractivity contribution < 1.29 is 32.2 Å².